The molecular weight excluding hydrogens is 358 g/mol. The number of nitrogens with zero attached hydrogens (tertiary/aromatic N) is 1. The molecule has 0 spiro atoms. The van der Waals surface area contributed by atoms with Gasteiger partial charge >= 0.3 is 0 Å². The van der Waals surface area contributed by atoms with Gasteiger partial charge in [0.1, 0.15) is 5.58 Å². The zero-order valence-electron chi connectivity index (χ0n) is 15.2. The summed E-state index contributed by atoms with van der Waals surface area (Å²) in [7, 11) is 0. The van der Waals surface area contributed by atoms with Crippen molar-refractivity contribution in [3.8, 4) is 0 Å². The van der Waals surface area contributed by atoms with Gasteiger partial charge in [0.25, 0.3) is 5.91 Å². The highest BCUT2D eigenvalue weighted by atomic mass is 16.3. The highest BCUT2D eigenvalue weighted by Gasteiger charge is 2.38. The lowest BCUT2D eigenvalue weighted by Gasteiger charge is -2.15. The van der Waals surface area contributed by atoms with E-state index in [4.69, 9.17) is 4.42 Å². The van der Waals surface area contributed by atoms with Crippen molar-refractivity contribution in [1.29, 1.82) is 0 Å². The zero-order valence-corrected chi connectivity index (χ0v) is 15.2. The predicted octanol–water partition coefficient (Wildman–Crippen LogP) is 2.01. The molecule has 2 heterocycles. The van der Waals surface area contributed by atoms with Crippen molar-refractivity contribution in [2.75, 3.05) is 0 Å². The van der Waals surface area contributed by atoms with E-state index >= 15 is 0 Å². The predicted molar refractivity (Wildman–Crippen MR) is 102 cm³/mol. The third kappa shape index (κ3) is 3.89. The number of aliphatic hydroxyl groups is 1. The summed E-state index contributed by atoms with van der Waals surface area (Å²) < 4.78 is 5.56. The SMILES string of the molecule is O=C(N[C@H]1C[C@H](C(=O)NCc2ccncc2)C[C@@H]1O)c1cc2ccccc2o1. The fraction of sp³-hybridized carbons (Fsp3) is 0.286. The van der Waals surface area contributed by atoms with Gasteiger partial charge in [0.15, 0.2) is 5.76 Å². The van der Waals surface area contributed by atoms with Gasteiger partial charge < -0.3 is 20.2 Å². The normalized spacial score (nSPS) is 21.5. The first-order valence-corrected chi connectivity index (χ1v) is 9.24. The first-order valence-electron chi connectivity index (χ1n) is 9.24. The molecule has 2 aromatic heterocycles. The number of benzene rings is 1. The molecule has 3 aromatic rings. The highest BCUT2D eigenvalue weighted by molar-refractivity contribution is 5.96. The topological polar surface area (TPSA) is 104 Å². The number of aliphatic hydroxyl groups excluding tert-OH is 1. The molecule has 144 valence electrons. The maximum absolute atomic E-state index is 12.5. The molecule has 0 radical (unpaired) electrons. The summed E-state index contributed by atoms with van der Waals surface area (Å²) >= 11 is 0. The Hall–Kier alpha value is -3.19. The van der Waals surface area contributed by atoms with Crippen LogP contribution in [0.5, 0.6) is 0 Å². The van der Waals surface area contributed by atoms with E-state index < -0.39 is 18.1 Å². The molecule has 0 aliphatic heterocycles. The molecule has 1 aliphatic rings. The molecule has 7 nitrogen and oxygen atoms in total. The highest BCUT2D eigenvalue weighted by Crippen LogP contribution is 2.27. The van der Waals surface area contributed by atoms with Crippen molar-refractivity contribution < 1.29 is 19.1 Å². The van der Waals surface area contributed by atoms with E-state index in [1.54, 1.807) is 24.5 Å². The van der Waals surface area contributed by atoms with Crippen LogP contribution in [0.15, 0.2) is 59.3 Å². The molecule has 0 bridgehead atoms. The Morgan fingerprint density at radius 2 is 1.93 bits per heavy atom. The van der Waals surface area contributed by atoms with Gasteiger partial charge in [-0.25, -0.2) is 0 Å². The number of carbonyl (C=O) groups excluding carboxylic acids is 2. The molecule has 1 saturated carbocycles. The molecule has 0 saturated heterocycles. The number of fused-ring (bicyclic) bond motifs is 1. The first-order chi connectivity index (χ1) is 13.6. The van der Waals surface area contributed by atoms with Crippen LogP contribution in [-0.2, 0) is 11.3 Å². The summed E-state index contributed by atoms with van der Waals surface area (Å²) in [4.78, 5) is 28.8. The summed E-state index contributed by atoms with van der Waals surface area (Å²) in [5.41, 5.74) is 1.59. The van der Waals surface area contributed by atoms with Crippen molar-refractivity contribution in [3.05, 3.63) is 66.2 Å². The van der Waals surface area contributed by atoms with Gasteiger partial charge in [-0.2, -0.15) is 0 Å². The Morgan fingerprint density at radius 1 is 1.14 bits per heavy atom. The second-order valence-electron chi connectivity index (χ2n) is 7.04. The van der Waals surface area contributed by atoms with Gasteiger partial charge in [0.05, 0.1) is 12.1 Å². The summed E-state index contributed by atoms with van der Waals surface area (Å²) in [6.07, 6.45) is 3.27. The monoisotopic (exact) mass is 379 g/mol. The third-order valence-corrected chi connectivity index (χ3v) is 5.08. The van der Waals surface area contributed by atoms with Crippen LogP contribution >= 0.6 is 0 Å². The molecule has 28 heavy (non-hydrogen) atoms. The van der Waals surface area contributed by atoms with Gasteiger partial charge in [-0.3, -0.25) is 14.6 Å². The largest absolute Gasteiger partial charge is 0.451 e. The minimum Gasteiger partial charge on any atom is -0.451 e. The van der Waals surface area contributed by atoms with Gasteiger partial charge in [-0.15, -0.1) is 0 Å². The number of carbonyl (C=O) groups is 2. The Balaban J connectivity index is 1.34. The molecule has 2 amide bonds. The quantitative estimate of drug-likeness (QED) is 0.629. The molecule has 3 atom stereocenters. The number of amides is 2. The number of nitrogens with one attached hydrogen (secondary N) is 2. The number of hydrogen-bond acceptors (Lipinski definition) is 5. The molecule has 1 aromatic carbocycles. The van der Waals surface area contributed by atoms with E-state index in [0.29, 0.717) is 25.0 Å². The summed E-state index contributed by atoms with van der Waals surface area (Å²) in [6.45, 7) is 0.407. The van der Waals surface area contributed by atoms with Gasteiger partial charge in [-0.1, -0.05) is 18.2 Å². The van der Waals surface area contributed by atoms with Crippen LogP contribution in [0.1, 0.15) is 29.0 Å². The van der Waals surface area contributed by atoms with E-state index in [1.165, 1.54) is 0 Å². The molecular formula is C21H21N3O4. The lowest BCUT2D eigenvalue weighted by atomic mass is 10.1. The van der Waals surface area contributed by atoms with Crippen LogP contribution in [0.25, 0.3) is 11.0 Å². The minimum atomic E-state index is -0.773. The van der Waals surface area contributed by atoms with Gasteiger partial charge in [0.2, 0.25) is 5.91 Å². The van der Waals surface area contributed by atoms with E-state index in [2.05, 4.69) is 15.6 Å². The second kappa shape index (κ2) is 7.82. The Bertz CT molecular complexity index is 952. The van der Waals surface area contributed by atoms with Gasteiger partial charge in [-0.05, 0) is 42.7 Å². The standard InChI is InChI=1S/C21H21N3O4/c25-17-10-15(20(26)23-12-13-5-7-22-8-6-13)9-16(17)24-21(27)19-11-14-3-1-2-4-18(14)28-19/h1-8,11,15-17,25H,9-10,12H2,(H,23,26)(H,24,27)/t15-,16-,17-/m0/s1. The van der Waals surface area contributed by atoms with E-state index in [0.717, 1.165) is 10.9 Å². The van der Waals surface area contributed by atoms with Gasteiger partial charge in [0, 0.05) is 30.2 Å². The van der Waals surface area contributed by atoms with E-state index in [1.807, 2.05) is 30.3 Å². The zero-order chi connectivity index (χ0) is 19.5. The number of rotatable bonds is 5. The summed E-state index contributed by atoms with van der Waals surface area (Å²) in [5, 5.41) is 16.8. The smallest absolute Gasteiger partial charge is 0.287 e. The fourth-order valence-corrected chi connectivity index (χ4v) is 3.55. The molecule has 0 unspecified atom stereocenters. The van der Waals surface area contributed by atoms with Crippen LogP contribution in [-0.4, -0.2) is 34.1 Å². The van der Waals surface area contributed by atoms with Crippen LogP contribution in [0.2, 0.25) is 0 Å². The van der Waals surface area contributed by atoms with Crippen molar-refractivity contribution in [3.63, 3.8) is 0 Å². The van der Waals surface area contributed by atoms with Crippen LogP contribution in [0.3, 0.4) is 0 Å². The minimum absolute atomic E-state index is 0.128. The lowest BCUT2D eigenvalue weighted by Crippen LogP contribution is -2.40. The van der Waals surface area contributed by atoms with Crippen molar-refractivity contribution >= 4 is 22.8 Å². The summed E-state index contributed by atoms with van der Waals surface area (Å²) in [6, 6.07) is 12.2. The van der Waals surface area contributed by atoms with Crippen LogP contribution in [0.4, 0.5) is 0 Å². The number of aromatic nitrogens is 1. The van der Waals surface area contributed by atoms with E-state index in [9.17, 15) is 14.7 Å². The molecule has 1 aliphatic carbocycles. The van der Waals surface area contributed by atoms with Crippen LogP contribution < -0.4 is 10.6 Å². The number of hydrogen-bond donors (Lipinski definition) is 3. The lowest BCUT2D eigenvalue weighted by molar-refractivity contribution is -0.125. The number of furan rings is 1. The van der Waals surface area contributed by atoms with Crippen LogP contribution in [0, 0.1) is 5.92 Å². The average molecular weight is 379 g/mol. The number of para-hydroxylation sites is 1. The van der Waals surface area contributed by atoms with Crippen molar-refractivity contribution in [2.45, 2.75) is 31.5 Å². The number of pyridine rings is 1. The maximum Gasteiger partial charge on any atom is 0.287 e. The Labute approximate surface area is 161 Å². The fourth-order valence-electron chi connectivity index (χ4n) is 3.55. The molecule has 1 fully saturated rings. The molecule has 4 rings (SSSR count). The Morgan fingerprint density at radius 3 is 2.71 bits per heavy atom. The van der Waals surface area contributed by atoms with E-state index in [-0.39, 0.29) is 17.6 Å². The average Bonchev–Trinajstić information content (AvgIpc) is 3.31. The van der Waals surface area contributed by atoms with Crippen molar-refractivity contribution in [2.24, 2.45) is 5.92 Å². The first kappa shape index (κ1) is 18.2. The molecule has 3 N–H and O–H groups in total. The second-order valence-corrected chi connectivity index (χ2v) is 7.04. The summed E-state index contributed by atoms with van der Waals surface area (Å²) in [5.74, 6) is -0.675. The van der Waals surface area contributed by atoms with Crippen molar-refractivity contribution in [1.82, 2.24) is 15.6 Å². The maximum atomic E-state index is 12.5. The molecule has 7 heteroatoms. The third-order valence-electron chi connectivity index (χ3n) is 5.08. The Kier molecular flexibility index (Phi) is 5.08.